The van der Waals surface area contributed by atoms with Crippen LogP contribution >= 0.6 is 11.3 Å². The number of thiazole rings is 1. The molecule has 7 heteroatoms. The van der Waals surface area contributed by atoms with Crippen LogP contribution < -0.4 is 19.5 Å². The molecule has 156 valence electrons. The molecule has 0 spiro atoms. The molecular weight excluding hydrogens is 400 g/mol. The molecule has 1 amide bonds. The molecule has 1 aromatic heterocycles. The zero-order valence-electron chi connectivity index (χ0n) is 17.2. The lowest BCUT2D eigenvalue weighted by Crippen LogP contribution is -2.26. The second kappa shape index (κ2) is 8.36. The molecule has 1 fully saturated rings. The van der Waals surface area contributed by atoms with Gasteiger partial charge < -0.3 is 19.5 Å². The highest BCUT2D eigenvalue weighted by atomic mass is 32.1. The van der Waals surface area contributed by atoms with Crippen molar-refractivity contribution in [3.05, 3.63) is 65.2 Å². The second-order valence-corrected chi connectivity index (χ2v) is 8.58. The van der Waals surface area contributed by atoms with Gasteiger partial charge >= 0.3 is 0 Å². The molecule has 0 saturated heterocycles. The first-order chi connectivity index (χ1) is 14.6. The van der Waals surface area contributed by atoms with E-state index in [0.29, 0.717) is 29.0 Å². The van der Waals surface area contributed by atoms with E-state index >= 15 is 0 Å². The lowest BCUT2D eigenvalue weighted by Gasteiger charge is -2.19. The van der Waals surface area contributed by atoms with Crippen molar-refractivity contribution in [2.75, 3.05) is 26.1 Å². The molecule has 1 aliphatic carbocycles. The fourth-order valence-corrected chi connectivity index (χ4v) is 4.37. The third kappa shape index (κ3) is 3.98. The number of anilines is 1. The minimum atomic E-state index is -0.370. The molecule has 1 N–H and O–H groups in total. The van der Waals surface area contributed by atoms with Gasteiger partial charge in [-0.05, 0) is 31.0 Å². The summed E-state index contributed by atoms with van der Waals surface area (Å²) in [5, 5.41) is 3.59. The Morgan fingerprint density at radius 2 is 1.93 bits per heavy atom. The molecule has 2 atom stereocenters. The number of carbonyl (C=O) groups excluding carboxylic acids is 1. The SMILES string of the molecule is COc1ccc(OCC2(c3ccccc3)CC2C(=O)Nc2ncc(C)s2)cc1OC. The average Bonchev–Trinajstić information content (AvgIpc) is 3.39. The minimum Gasteiger partial charge on any atom is -0.493 e. The molecule has 0 aliphatic heterocycles. The first-order valence-electron chi connectivity index (χ1n) is 9.69. The molecule has 2 unspecified atom stereocenters. The first-order valence-corrected chi connectivity index (χ1v) is 10.5. The number of carbonyl (C=O) groups is 1. The molecule has 6 nitrogen and oxygen atoms in total. The van der Waals surface area contributed by atoms with Crippen LogP contribution in [0, 0.1) is 12.8 Å². The molecule has 0 radical (unpaired) electrons. The van der Waals surface area contributed by atoms with Gasteiger partial charge in [0.1, 0.15) is 5.75 Å². The van der Waals surface area contributed by atoms with Crippen molar-refractivity contribution in [2.45, 2.75) is 18.8 Å². The monoisotopic (exact) mass is 424 g/mol. The Morgan fingerprint density at radius 3 is 2.60 bits per heavy atom. The Morgan fingerprint density at radius 1 is 1.17 bits per heavy atom. The molecule has 1 saturated carbocycles. The lowest BCUT2D eigenvalue weighted by molar-refractivity contribution is -0.117. The summed E-state index contributed by atoms with van der Waals surface area (Å²) in [6.45, 7) is 2.36. The Bertz CT molecular complexity index is 1040. The zero-order valence-corrected chi connectivity index (χ0v) is 18.0. The van der Waals surface area contributed by atoms with Crippen molar-refractivity contribution in [1.82, 2.24) is 4.98 Å². The maximum atomic E-state index is 12.9. The van der Waals surface area contributed by atoms with Crippen molar-refractivity contribution in [3.8, 4) is 17.2 Å². The van der Waals surface area contributed by atoms with Gasteiger partial charge in [0.2, 0.25) is 5.91 Å². The predicted octanol–water partition coefficient (Wildman–Crippen LogP) is 4.44. The van der Waals surface area contributed by atoms with Crippen LogP contribution in [0.25, 0.3) is 0 Å². The Labute approximate surface area is 179 Å². The smallest absolute Gasteiger partial charge is 0.230 e. The van der Waals surface area contributed by atoms with Crippen molar-refractivity contribution < 1.29 is 19.0 Å². The van der Waals surface area contributed by atoms with Crippen molar-refractivity contribution in [2.24, 2.45) is 5.92 Å². The van der Waals surface area contributed by atoms with Crippen LogP contribution in [0.3, 0.4) is 0 Å². The molecule has 30 heavy (non-hydrogen) atoms. The number of nitrogens with one attached hydrogen (secondary N) is 1. The highest BCUT2D eigenvalue weighted by Crippen LogP contribution is 2.55. The maximum absolute atomic E-state index is 12.9. The predicted molar refractivity (Wildman–Crippen MR) is 117 cm³/mol. The van der Waals surface area contributed by atoms with E-state index < -0.39 is 0 Å². The van der Waals surface area contributed by atoms with Crippen molar-refractivity contribution in [3.63, 3.8) is 0 Å². The first kappa shape index (κ1) is 20.2. The van der Waals surface area contributed by atoms with E-state index in [9.17, 15) is 4.79 Å². The molecular formula is C23H24N2O4S. The van der Waals surface area contributed by atoms with E-state index in [0.717, 1.165) is 16.9 Å². The van der Waals surface area contributed by atoms with Crippen LogP contribution in [0.5, 0.6) is 17.2 Å². The van der Waals surface area contributed by atoms with E-state index in [1.54, 1.807) is 26.5 Å². The van der Waals surface area contributed by atoms with Gasteiger partial charge in [-0.15, -0.1) is 11.3 Å². The Balaban J connectivity index is 1.53. The number of hydrogen-bond donors (Lipinski definition) is 1. The summed E-state index contributed by atoms with van der Waals surface area (Å²) in [5.41, 5.74) is 0.728. The van der Waals surface area contributed by atoms with E-state index in [1.165, 1.54) is 11.3 Å². The number of amides is 1. The summed E-state index contributed by atoms with van der Waals surface area (Å²) in [5.74, 6) is 1.72. The van der Waals surface area contributed by atoms with Crippen molar-refractivity contribution >= 4 is 22.4 Å². The van der Waals surface area contributed by atoms with Crippen LogP contribution in [0.4, 0.5) is 5.13 Å². The number of aromatic nitrogens is 1. The van der Waals surface area contributed by atoms with Crippen LogP contribution in [0.15, 0.2) is 54.7 Å². The molecule has 3 aromatic rings. The minimum absolute atomic E-state index is 0.0240. The van der Waals surface area contributed by atoms with Gasteiger partial charge in [0.15, 0.2) is 16.6 Å². The van der Waals surface area contributed by atoms with Gasteiger partial charge in [0.05, 0.1) is 26.7 Å². The molecule has 0 bridgehead atoms. The lowest BCUT2D eigenvalue weighted by atomic mass is 9.94. The zero-order chi connectivity index (χ0) is 21.1. The van der Waals surface area contributed by atoms with Crippen molar-refractivity contribution in [1.29, 1.82) is 0 Å². The summed E-state index contributed by atoms with van der Waals surface area (Å²) in [6.07, 6.45) is 2.48. The van der Waals surface area contributed by atoms with Gasteiger partial charge in [-0.1, -0.05) is 30.3 Å². The fourth-order valence-electron chi connectivity index (χ4n) is 3.70. The third-order valence-electron chi connectivity index (χ3n) is 5.44. The Kier molecular flexibility index (Phi) is 5.63. The molecule has 1 aliphatic rings. The maximum Gasteiger partial charge on any atom is 0.230 e. The van der Waals surface area contributed by atoms with Crippen LogP contribution in [0.1, 0.15) is 16.9 Å². The highest BCUT2D eigenvalue weighted by molar-refractivity contribution is 7.15. The molecule has 4 rings (SSSR count). The molecule has 2 aromatic carbocycles. The summed E-state index contributed by atoms with van der Waals surface area (Å²) in [6, 6.07) is 15.5. The second-order valence-electron chi connectivity index (χ2n) is 7.35. The number of aryl methyl sites for hydroxylation is 1. The number of nitrogens with zero attached hydrogens (tertiary/aromatic N) is 1. The molecule has 1 heterocycles. The fraction of sp³-hybridized carbons (Fsp3) is 0.304. The number of methoxy groups -OCH3 is 2. The summed E-state index contributed by atoms with van der Waals surface area (Å²) < 4.78 is 16.8. The van der Waals surface area contributed by atoms with E-state index in [2.05, 4.69) is 22.4 Å². The summed E-state index contributed by atoms with van der Waals surface area (Å²) >= 11 is 1.47. The highest BCUT2D eigenvalue weighted by Gasteiger charge is 2.60. The average molecular weight is 425 g/mol. The van der Waals surface area contributed by atoms with E-state index in [-0.39, 0.29) is 17.2 Å². The van der Waals surface area contributed by atoms with Crippen LogP contribution in [0.2, 0.25) is 0 Å². The quantitative estimate of drug-likeness (QED) is 0.579. The van der Waals surface area contributed by atoms with Crippen LogP contribution in [-0.4, -0.2) is 31.7 Å². The van der Waals surface area contributed by atoms with Crippen LogP contribution in [-0.2, 0) is 10.2 Å². The van der Waals surface area contributed by atoms with Gasteiger partial charge in [-0.3, -0.25) is 4.79 Å². The Hall–Kier alpha value is -3.06. The largest absolute Gasteiger partial charge is 0.493 e. The normalized spacial score (nSPS) is 19.8. The van der Waals surface area contributed by atoms with Gasteiger partial charge in [-0.25, -0.2) is 4.98 Å². The summed E-state index contributed by atoms with van der Waals surface area (Å²) in [4.78, 5) is 18.2. The number of rotatable bonds is 8. The number of benzene rings is 2. The standard InChI is InChI=1S/C23H24N2O4S/c1-15-13-24-22(30-15)25-21(26)18-12-23(18,16-7-5-4-6-8-16)14-29-17-9-10-19(27-2)20(11-17)28-3/h4-11,13,18H,12,14H2,1-3H3,(H,24,25,26). The van der Waals surface area contributed by atoms with Gasteiger partial charge in [0, 0.05) is 22.6 Å². The summed E-state index contributed by atoms with van der Waals surface area (Å²) in [7, 11) is 3.19. The topological polar surface area (TPSA) is 69.7 Å². The number of ether oxygens (including phenoxy) is 3. The van der Waals surface area contributed by atoms with Gasteiger partial charge in [-0.2, -0.15) is 0 Å². The third-order valence-corrected chi connectivity index (χ3v) is 6.27. The van der Waals surface area contributed by atoms with E-state index in [1.807, 2.05) is 37.3 Å². The van der Waals surface area contributed by atoms with E-state index in [4.69, 9.17) is 14.2 Å². The van der Waals surface area contributed by atoms with Gasteiger partial charge in [0.25, 0.3) is 0 Å². The number of hydrogen-bond acceptors (Lipinski definition) is 6.